The van der Waals surface area contributed by atoms with E-state index in [1.165, 1.54) is 5.56 Å². The topological polar surface area (TPSA) is 104 Å². The largest absolute Gasteiger partial charge is 0.340 e. The fourth-order valence-electron chi connectivity index (χ4n) is 4.43. The second-order valence-corrected chi connectivity index (χ2v) is 10.8. The first-order valence-corrected chi connectivity index (χ1v) is 12.1. The van der Waals surface area contributed by atoms with Crippen LogP contribution in [0.2, 0.25) is 0 Å². The maximum absolute atomic E-state index is 12.8. The highest BCUT2D eigenvalue weighted by Crippen LogP contribution is 2.31. The lowest BCUT2D eigenvalue weighted by Gasteiger charge is -2.34. The van der Waals surface area contributed by atoms with Crippen LogP contribution >= 0.6 is 0 Å². The van der Waals surface area contributed by atoms with Crippen molar-refractivity contribution in [2.24, 2.45) is 0 Å². The van der Waals surface area contributed by atoms with Crippen molar-refractivity contribution in [1.29, 1.82) is 0 Å². The van der Waals surface area contributed by atoms with Crippen molar-refractivity contribution in [2.45, 2.75) is 38.9 Å². The van der Waals surface area contributed by atoms with Gasteiger partial charge >= 0.3 is 0 Å². The van der Waals surface area contributed by atoms with Crippen molar-refractivity contribution in [3.63, 3.8) is 0 Å². The number of rotatable bonds is 4. The maximum Gasteiger partial charge on any atom is 0.263 e. The smallest absolute Gasteiger partial charge is 0.263 e. The Hall–Kier alpha value is -2.72. The Bertz CT molecular complexity index is 1310. The highest BCUT2D eigenvalue weighted by Gasteiger charge is 2.41. The summed E-state index contributed by atoms with van der Waals surface area (Å²) in [5.74, 6) is 0.434. The minimum Gasteiger partial charge on any atom is -0.340 e. The molecule has 1 saturated carbocycles. The Morgan fingerprint density at radius 2 is 1.68 bits per heavy atom. The number of aromatic nitrogens is 4. The first-order valence-electron chi connectivity index (χ1n) is 10.6. The van der Waals surface area contributed by atoms with Gasteiger partial charge in [0.25, 0.3) is 5.56 Å². The number of aryl methyl sites for hydroxylation is 3. The van der Waals surface area contributed by atoms with Crippen LogP contribution in [0.1, 0.15) is 29.5 Å². The quantitative estimate of drug-likeness (QED) is 0.659. The van der Waals surface area contributed by atoms with Gasteiger partial charge in [-0.1, -0.05) is 17.7 Å². The molecule has 0 unspecified atom stereocenters. The molecule has 1 saturated heterocycles. The summed E-state index contributed by atoms with van der Waals surface area (Å²) in [6, 6.07) is 4.18. The monoisotopic (exact) mass is 442 g/mol. The molecule has 1 aromatic carbocycles. The molecule has 0 atom stereocenters. The molecule has 3 aromatic rings. The fourth-order valence-corrected chi connectivity index (χ4v) is 6.26. The molecule has 2 aromatic heterocycles. The van der Waals surface area contributed by atoms with Crippen LogP contribution in [0.3, 0.4) is 0 Å². The SMILES string of the molecule is Cc1cc(C)c(-n2cc3c(=O)[nH]c(N4CCN(S(=O)(=O)C5CC5)CC4)nc3n2)c(C)c1. The molecule has 31 heavy (non-hydrogen) atoms. The van der Waals surface area contributed by atoms with E-state index >= 15 is 0 Å². The summed E-state index contributed by atoms with van der Waals surface area (Å²) in [6.07, 6.45) is 3.24. The number of anilines is 1. The van der Waals surface area contributed by atoms with Crippen LogP contribution in [0.15, 0.2) is 23.1 Å². The van der Waals surface area contributed by atoms with Gasteiger partial charge < -0.3 is 4.90 Å². The summed E-state index contributed by atoms with van der Waals surface area (Å²) < 4.78 is 28.2. The molecule has 1 aliphatic carbocycles. The van der Waals surface area contributed by atoms with Crippen LogP contribution in [0, 0.1) is 20.8 Å². The number of nitrogens with zero attached hydrogens (tertiary/aromatic N) is 5. The number of hydrogen-bond donors (Lipinski definition) is 1. The lowest BCUT2D eigenvalue weighted by atomic mass is 10.1. The Morgan fingerprint density at radius 3 is 2.29 bits per heavy atom. The normalized spacial score (nSPS) is 18.1. The number of H-pyrrole nitrogens is 1. The molecule has 2 aliphatic rings. The minimum atomic E-state index is -3.18. The van der Waals surface area contributed by atoms with Crippen molar-refractivity contribution < 1.29 is 8.42 Å². The number of aromatic amines is 1. The molecule has 2 fully saturated rings. The van der Waals surface area contributed by atoms with E-state index in [0.29, 0.717) is 43.2 Å². The number of piperazine rings is 1. The van der Waals surface area contributed by atoms with Gasteiger partial charge in [-0.25, -0.2) is 13.1 Å². The van der Waals surface area contributed by atoms with Crippen LogP contribution in [-0.4, -0.2) is 63.9 Å². The molecule has 9 nitrogen and oxygen atoms in total. The second kappa shape index (κ2) is 7.16. The Balaban J connectivity index is 1.44. The van der Waals surface area contributed by atoms with E-state index in [2.05, 4.69) is 34.1 Å². The molecule has 1 aliphatic heterocycles. The number of nitrogens with one attached hydrogen (secondary N) is 1. The van der Waals surface area contributed by atoms with Crippen molar-refractivity contribution in [3.05, 3.63) is 45.4 Å². The molecular formula is C21H26N6O3S. The summed E-state index contributed by atoms with van der Waals surface area (Å²) in [4.78, 5) is 22.1. The van der Waals surface area contributed by atoms with E-state index in [9.17, 15) is 13.2 Å². The third-order valence-corrected chi connectivity index (χ3v) is 8.48. The zero-order valence-electron chi connectivity index (χ0n) is 17.9. The number of fused-ring (bicyclic) bond motifs is 1. The molecule has 1 N–H and O–H groups in total. The highest BCUT2D eigenvalue weighted by molar-refractivity contribution is 7.90. The first kappa shape index (κ1) is 20.2. The van der Waals surface area contributed by atoms with Gasteiger partial charge in [0, 0.05) is 32.4 Å². The third-order valence-electron chi connectivity index (χ3n) is 6.08. The number of sulfonamides is 1. The summed E-state index contributed by atoms with van der Waals surface area (Å²) in [7, 11) is -3.18. The van der Waals surface area contributed by atoms with E-state index in [1.54, 1.807) is 15.2 Å². The van der Waals surface area contributed by atoms with E-state index in [4.69, 9.17) is 0 Å². The zero-order valence-corrected chi connectivity index (χ0v) is 18.7. The minimum absolute atomic E-state index is 0.203. The van der Waals surface area contributed by atoms with Crippen LogP contribution in [0.4, 0.5) is 5.95 Å². The van der Waals surface area contributed by atoms with Crippen molar-refractivity contribution in [2.75, 3.05) is 31.1 Å². The summed E-state index contributed by atoms with van der Waals surface area (Å²) >= 11 is 0. The van der Waals surface area contributed by atoms with E-state index in [0.717, 1.165) is 29.7 Å². The molecule has 0 bridgehead atoms. The van der Waals surface area contributed by atoms with Gasteiger partial charge in [-0.05, 0) is 44.7 Å². The lowest BCUT2D eigenvalue weighted by molar-refractivity contribution is 0.382. The Labute approximate surface area is 180 Å². The molecule has 3 heterocycles. The summed E-state index contributed by atoms with van der Waals surface area (Å²) in [5, 5.41) is 4.81. The average Bonchev–Trinajstić information content (AvgIpc) is 3.49. The predicted octanol–water partition coefficient (Wildman–Crippen LogP) is 1.65. The second-order valence-electron chi connectivity index (χ2n) is 8.58. The molecule has 10 heteroatoms. The first-order chi connectivity index (χ1) is 14.7. The molecule has 0 amide bonds. The fraction of sp³-hybridized carbons (Fsp3) is 0.476. The van der Waals surface area contributed by atoms with E-state index in [1.807, 2.05) is 18.7 Å². The molecule has 0 radical (unpaired) electrons. The molecular weight excluding hydrogens is 416 g/mol. The molecule has 5 rings (SSSR count). The lowest BCUT2D eigenvalue weighted by Crippen LogP contribution is -2.50. The van der Waals surface area contributed by atoms with Gasteiger partial charge in [-0.3, -0.25) is 9.78 Å². The standard InChI is InChI=1S/C21H26N6O3S/c1-13-10-14(2)18(15(3)11-13)27-12-17-19(24-27)22-21(23-20(17)28)25-6-8-26(9-7-25)31(29,30)16-4-5-16/h10-12,16H,4-9H2,1-3H3,(H,22,23,24,28). The molecule has 0 spiro atoms. The van der Waals surface area contributed by atoms with Crippen molar-refractivity contribution in [1.82, 2.24) is 24.1 Å². The summed E-state index contributed by atoms with van der Waals surface area (Å²) in [6.45, 7) is 7.87. The highest BCUT2D eigenvalue weighted by atomic mass is 32.2. The van der Waals surface area contributed by atoms with Gasteiger partial charge in [0.15, 0.2) is 5.65 Å². The Kier molecular flexibility index (Phi) is 4.67. The van der Waals surface area contributed by atoms with Crippen LogP contribution < -0.4 is 10.5 Å². The van der Waals surface area contributed by atoms with Gasteiger partial charge in [0.2, 0.25) is 16.0 Å². The van der Waals surface area contributed by atoms with Gasteiger partial charge in [0.1, 0.15) is 5.39 Å². The van der Waals surface area contributed by atoms with Crippen molar-refractivity contribution in [3.8, 4) is 5.69 Å². The van der Waals surface area contributed by atoms with Crippen LogP contribution in [0.5, 0.6) is 0 Å². The zero-order chi connectivity index (χ0) is 21.9. The summed E-state index contributed by atoms with van der Waals surface area (Å²) in [5.41, 5.74) is 4.41. The predicted molar refractivity (Wildman–Crippen MR) is 119 cm³/mol. The Morgan fingerprint density at radius 1 is 1.03 bits per heavy atom. The van der Waals surface area contributed by atoms with Crippen LogP contribution in [-0.2, 0) is 10.0 Å². The number of benzene rings is 1. The van der Waals surface area contributed by atoms with Crippen LogP contribution in [0.25, 0.3) is 16.7 Å². The average molecular weight is 443 g/mol. The number of hydrogen-bond acceptors (Lipinski definition) is 6. The van der Waals surface area contributed by atoms with E-state index in [-0.39, 0.29) is 10.8 Å². The van der Waals surface area contributed by atoms with Gasteiger partial charge in [0.05, 0.1) is 10.9 Å². The third kappa shape index (κ3) is 3.53. The van der Waals surface area contributed by atoms with Gasteiger partial charge in [-0.2, -0.15) is 9.29 Å². The van der Waals surface area contributed by atoms with Crippen molar-refractivity contribution >= 4 is 27.0 Å². The van der Waals surface area contributed by atoms with Gasteiger partial charge in [-0.15, -0.1) is 5.10 Å². The molecule has 164 valence electrons. The maximum atomic E-state index is 12.8. The van der Waals surface area contributed by atoms with E-state index < -0.39 is 10.0 Å².